The van der Waals surface area contributed by atoms with Crippen molar-refractivity contribution in [3.8, 4) is 0 Å². The maximum Gasteiger partial charge on any atom is 0.295 e. The molecular formula is C27H34N2O3. The van der Waals surface area contributed by atoms with Gasteiger partial charge in [-0.05, 0) is 43.1 Å². The average Bonchev–Trinajstić information content (AvgIpc) is 3.07. The molecule has 2 aromatic rings. The number of amides is 1. The van der Waals surface area contributed by atoms with Crippen LogP contribution in [0.5, 0.6) is 0 Å². The molecule has 1 aliphatic rings. The average molecular weight is 435 g/mol. The third-order valence-corrected chi connectivity index (χ3v) is 6.27. The second kappa shape index (κ2) is 10.6. The van der Waals surface area contributed by atoms with Gasteiger partial charge in [0, 0.05) is 12.1 Å². The first-order valence-electron chi connectivity index (χ1n) is 11.5. The fourth-order valence-corrected chi connectivity index (χ4v) is 4.28. The molecule has 1 saturated heterocycles. The van der Waals surface area contributed by atoms with Crippen LogP contribution >= 0.6 is 0 Å². The summed E-state index contributed by atoms with van der Waals surface area (Å²) in [5.74, 6) is -0.894. The van der Waals surface area contributed by atoms with E-state index in [0.29, 0.717) is 18.0 Å². The van der Waals surface area contributed by atoms with Crippen molar-refractivity contribution in [1.29, 1.82) is 0 Å². The molecule has 170 valence electrons. The Bertz CT molecular complexity index is 960. The summed E-state index contributed by atoms with van der Waals surface area (Å²) in [5.41, 5.74) is 2.74. The summed E-state index contributed by atoms with van der Waals surface area (Å²) >= 11 is 0. The van der Waals surface area contributed by atoms with Crippen LogP contribution in [0.4, 0.5) is 0 Å². The molecule has 0 radical (unpaired) electrons. The molecule has 1 atom stereocenters. The summed E-state index contributed by atoms with van der Waals surface area (Å²) in [7, 11) is 0. The summed E-state index contributed by atoms with van der Waals surface area (Å²) in [5, 5.41) is 11.1. The Kier molecular flexibility index (Phi) is 7.86. The van der Waals surface area contributed by atoms with Gasteiger partial charge in [0.1, 0.15) is 5.76 Å². The topological polar surface area (TPSA) is 60.9 Å². The van der Waals surface area contributed by atoms with E-state index in [4.69, 9.17) is 0 Å². The number of aliphatic hydroxyl groups excluding tert-OH is 1. The van der Waals surface area contributed by atoms with Crippen molar-refractivity contribution in [1.82, 2.24) is 9.80 Å². The minimum absolute atomic E-state index is 0.117. The van der Waals surface area contributed by atoms with Gasteiger partial charge in [-0.15, -0.1) is 0 Å². The Morgan fingerprint density at radius 3 is 2.19 bits per heavy atom. The third kappa shape index (κ3) is 4.94. The van der Waals surface area contributed by atoms with E-state index in [1.165, 1.54) is 5.56 Å². The van der Waals surface area contributed by atoms with Crippen LogP contribution in [0, 0.1) is 0 Å². The van der Waals surface area contributed by atoms with Gasteiger partial charge in [0.15, 0.2) is 0 Å². The molecule has 0 saturated carbocycles. The van der Waals surface area contributed by atoms with Gasteiger partial charge >= 0.3 is 0 Å². The number of rotatable bonds is 9. The van der Waals surface area contributed by atoms with Gasteiger partial charge in [-0.2, -0.15) is 0 Å². The van der Waals surface area contributed by atoms with E-state index in [1.54, 1.807) is 17.0 Å². The molecule has 32 heavy (non-hydrogen) atoms. The van der Waals surface area contributed by atoms with E-state index < -0.39 is 17.7 Å². The van der Waals surface area contributed by atoms with Crippen molar-refractivity contribution >= 4 is 17.4 Å². The molecule has 2 aromatic carbocycles. The van der Waals surface area contributed by atoms with Crippen LogP contribution in [0.1, 0.15) is 62.8 Å². The molecule has 0 spiro atoms. The normalized spacial score (nSPS) is 18.2. The minimum Gasteiger partial charge on any atom is -0.507 e. The zero-order valence-electron chi connectivity index (χ0n) is 19.5. The van der Waals surface area contributed by atoms with E-state index in [9.17, 15) is 14.7 Å². The van der Waals surface area contributed by atoms with E-state index >= 15 is 0 Å². The highest BCUT2D eigenvalue weighted by Gasteiger charge is 2.45. The number of carbonyl (C=O) groups excluding carboxylic acids is 2. The first-order valence-corrected chi connectivity index (χ1v) is 11.5. The first-order chi connectivity index (χ1) is 15.4. The number of likely N-dealkylation sites (tertiary alicyclic amines) is 1. The largest absolute Gasteiger partial charge is 0.507 e. The summed E-state index contributed by atoms with van der Waals surface area (Å²) in [6, 6.07) is 16.4. The molecule has 1 N–H and O–H groups in total. The molecule has 1 amide bonds. The smallest absolute Gasteiger partial charge is 0.295 e. The van der Waals surface area contributed by atoms with E-state index in [1.807, 2.05) is 42.5 Å². The highest BCUT2D eigenvalue weighted by atomic mass is 16.3. The lowest BCUT2D eigenvalue weighted by Gasteiger charge is -2.27. The van der Waals surface area contributed by atoms with E-state index in [2.05, 4.69) is 32.6 Å². The van der Waals surface area contributed by atoms with E-state index in [0.717, 1.165) is 31.6 Å². The summed E-state index contributed by atoms with van der Waals surface area (Å²) < 4.78 is 0. The van der Waals surface area contributed by atoms with Gasteiger partial charge in [0.25, 0.3) is 11.7 Å². The zero-order valence-corrected chi connectivity index (χ0v) is 19.5. The Balaban J connectivity index is 2.01. The predicted molar refractivity (Wildman–Crippen MR) is 128 cm³/mol. The fourth-order valence-electron chi connectivity index (χ4n) is 4.28. The van der Waals surface area contributed by atoms with Gasteiger partial charge < -0.3 is 14.9 Å². The zero-order chi connectivity index (χ0) is 23.3. The molecule has 0 unspecified atom stereocenters. The van der Waals surface area contributed by atoms with Crippen LogP contribution in [-0.2, 0) is 9.59 Å². The van der Waals surface area contributed by atoms with Crippen molar-refractivity contribution in [2.75, 3.05) is 26.2 Å². The number of carbonyl (C=O) groups is 2. The van der Waals surface area contributed by atoms with Gasteiger partial charge in [-0.1, -0.05) is 82.3 Å². The van der Waals surface area contributed by atoms with E-state index in [-0.39, 0.29) is 11.3 Å². The molecule has 0 bridgehead atoms. The standard InChI is InChI=1S/C27H34N2O3/c1-5-28(6-2)17-10-18-29-24(21-15-13-20(14-16-21)19(3)4)23(26(31)27(29)32)25(30)22-11-8-7-9-12-22/h7-9,11-16,19,24,30H,5-6,10,17-18H2,1-4H3/b25-23+/t24-/m0/s1. The highest BCUT2D eigenvalue weighted by molar-refractivity contribution is 6.46. The molecule has 1 fully saturated rings. The number of benzene rings is 2. The van der Waals surface area contributed by atoms with Gasteiger partial charge in [-0.3, -0.25) is 9.59 Å². The number of hydrogen-bond acceptors (Lipinski definition) is 4. The molecule has 3 rings (SSSR count). The fraction of sp³-hybridized carbons (Fsp3) is 0.407. The molecule has 5 nitrogen and oxygen atoms in total. The minimum atomic E-state index is -0.618. The first kappa shape index (κ1) is 23.7. The number of nitrogens with zero attached hydrogens (tertiary/aromatic N) is 2. The maximum absolute atomic E-state index is 13.1. The number of aliphatic hydroxyl groups is 1. The van der Waals surface area contributed by atoms with Crippen molar-refractivity contribution < 1.29 is 14.7 Å². The molecule has 5 heteroatoms. The Morgan fingerprint density at radius 1 is 1.00 bits per heavy atom. The lowest BCUT2D eigenvalue weighted by Crippen LogP contribution is -2.33. The SMILES string of the molecule is CCN(CC)CCCN1C(=O)C(=O)/C(=C(/O)c2ccccc2)[C@@H]1c1ccc(C(C)C)cc1. The maximum atomic E-state index is 13.1. The van der Waals surface area contributed by atoms with Gasteiger partial charge in [0.2, 0.25) is 0 Å². The third-order valence-electron chi connectivity index (χ3n) is 6.27. The quantitative estimate of drug-likeness (QED) is 0.344. The number of ketones is 1. The molecule has 1 aliphatic heterocycles. The van der Waals surface area contributed by atoms with Gasteiger partial charge in [-0.25, -0.2) is 0 Å². The lowest BCUT2D eigenvalue weighted by molar-refractivity contribution is -0.140. The second-order valence-corrected chi connectivity index (χ2v) is 8.56. The number of Topliss-reactive ketones (excluding diaryl/α,β-unsaturated/α-hetero) is 1. The Morgan fingerprint density at radius 2 is 1.62 bits per heavy atom. The van der Waals surface area contributed by atoms with Crippen LogP contribution in [0.25, 0.3) is 5.76 Å². The monoisotopic (exact) mass is 434 g/mol. The van der Waals surface area contributed by atoms with Crippen LogP contribution in [0.2, 0.25) is 0 Å². The summed E-state index contributed by atoms with van der Waals surface area (Å²) in [6.45, 7) is 11.7. The Labute approximate surface area is 191 Å². The van der Waals surface area contributed by atoms with Crippen molar-refractivity contribution in [2.45, 2.75) is 46.1 Å². The van der Waals surface area contributed by atoms with Crippen LogP contribution in [0.15, 0.2) is 60.2 Å². The van der Waals surface area contributed by atoms with Crippen LogP contribution < -0.4 is 0 Å². The highest BCUT2D eigenvalue weighted by Crippen LogP contribution is 2.39. The van der Waals surface area contributed by atoms with Crippen molar-refractivity contribution in [3.05, 3.63) is 76.9 Å². The lowest BCUT2D eigenvalue weighted by atomic mass is 9.93. The van der Waals surface area contributed by atoms with Crippen molar-refractivity contribution in [2.24, 2.45) is 0 Å². The van der Waals surface area contributed by atoms with Gasteiger partial charge in [0.05, 0.1) is 11.6 Å². The summed E-state index contributed by atoms with van der Waals surface area (Å²) in [6.07, 6.45) is 0.765. The molecule has 0 aromatic heterocycles. The molecule has 0 aliphatic carbocycles. The summed E-state index contributed by atoms with van der Waals surface area (Å²) in [4.78, 5) is 30.1. The van der Waals surface area contributed by atoms with Crippen LogP contribution in [-0.4, -0.2) is 52.8 Å². The van der Waals surface area contributed by atoms with Crippen molar-refractivity contribution in [3.63, 3.8) is 0 Å². The molecular weight excluding hydrogens is 400 g/mol. The second-order valence-electron chi connectivity index (χ2n) is 8.56. The number of hydrogen-bond donors (Lipinski definition) is 1. The Hall–Kier alpha value is -2.92. The molecule has 1 heterocycles. The van der Waals surface area contributed by atoms with Crippen LogP contribution in [0.3, 0.4) is 0 Å². The predicted octanol–water partition coefficient (Wildman–Crippen LogP) is 4.96.